The Morgan fingerprint density at radius 1 is 0.800 bits per heavy atom. The molecule has 0 aliphatic carbocycles. The van der Waals surface area contributed by atoms with Gasteiger partial charge in [-0.1, -0.05) is 42.5 Å². The van der Waals surface area contributed by atoms with Crippen LogP contribution in [0, 0.1) is 12.8 Å². The van der Waals surface area contributed by atoms with Gasteiger partial charge >= 0.3 is 0 Å². The number of benzene rings is 2. The van der Waals surface area contributed by atoms with Crippen molar-refractivity contribution in [3.8, 4) is 11.3 Å². The molecule has 2 saturated heterocycles. The largest absolute Gasteiger partial charge is 0.368 e. The van der Waals surface area contributed by atoms with Crippen molar-refractivity contribution in [2.45, 2.75) is 19.8 Å². The van der Waals surface area contributed by atoms with Crippen molar-refractivity contribution in [3.05, 3.63) is 84.7 Å². The molecule has 0 bridgehead atoms. The van der Waals surface area contributed by atoms with Crippen LogP contribution in [-0.2, 0) is 4.79 Å². The number of hydrogen-bond acceptors (Lipinski definition) is 8. The van der Waals surface area contributed by atoms with E-state index >= 15 is 0 Å². The van der Waals surface area contributed by atoms with Crippen LogP contribution in [0.1, 0.15) is 18.4 Å². The highest BCUT2D eigenvalue weighted by Crippen LogP contribution is 2.26. The molecule has 2 aromatic carbocycles. The fourth-order valence-corrected chi connectivity index (χ4v) is 5.55. The highest BCUT2D eigenvalue weighted by Gasteiger charge is 2.27. The number of rotatable bonds is 6. The SMILES string of the molecule is Cc1ccccc1-c1ccc(N2CCCC(C(=O)Nc3cc(N4CCN(c5ccccc5)CC4)ncn3)C2)nn1. The molecule has 9 heteroatoms. The third-order valence-electron chi connectivity index (χ3n) is 7.82. The van der Waals surface area contributed by atoms with Crippen LogP contribution in [0.5, 0.6) is 0 Å². The Morgan fingerprint density at radius 3 is 2.35 bits per heavy atom. The third-order valence-corrected chi connectivity index (χ3v) is 7.82. The van der Waals surface area contributed by atoms with E-state index in [0.717, 1.165) is 68.5 Å². The third kappa shape index (κ3) is 5.73. The minimum absolute atomic E-state index is 0.0206. The average molecular weight is 535 g/mol. The summed E-state index contributed by atoms with van der Waals surface area (Å²) in [5.41, 5.74) is 4.35. The van der Waals surface area contributed by atoms with Gasteiger partial charge in [0.15, 0.2) is 5.82 Å². The molecule has 4 heterocycles. The number of piperidine rings is 1. The van der Waals surface area contributed by atoms with Crippen LogP contribution in [-0.4, -0.2) is 65.3 Å². The number of anilines is 4. The van der Waals surface area contributed by atoms with E-state index in [0.29, 0.717) is 12.4 Å². The normalized spacial score (nSPS) is 17.5. The Bertz CT molecular complexity index is 1440. The van der Waals surface area contributed by atoms with E-state index in [-0.39, 0.29) is 11.8 Å². The second kappa shape index (κ2) is 11.7. The molecule has 1 atom stereocenters. The van der Waals surface area contributed by atoms with Crippen LogP contribution >= 0.6 is 0 Å². The molecule has 2 aliphatic heterocycles. The molecule has 0 saturated carbocycles. The van der Waals surface area contributed by atoms with Crippen molar-refractivity contribution in [1.82, 2.24) is 20.2 Å². The molecule has 204 valence electrons. The standard InChI is InChI=1S/C31H34N8O/c1-23-8-5-6-12-26(23)27-13-14-29(36-35-27)39-15-7-9-24(21-39)31(40)34-28-20-30(33-22-32-28)38-18-16-37(17-19-38)25-10-3-2-4-11-25/h2-6,8,10-14,20,22,24H,7,9,15-19,21H2,1H3,(H,32,33,34,40). The van der Waals surface area contributed by atoms with Crippen LogP contribution in [0.3, 0.4) is 0 Å². The highest BCUT2D eigenvalue weighted by atomic mass is 16.2. The van der Waals surface area contributed by atoms with E-state index in [1.54, 1.807) is 0 Å². The number of hydrogen-bond donors (Lipinski definition) is 1. The van der Waals surface area contributed by atoms with Gasteiger partial charge in [-0.2, -0.15) is 0 Å². The van der Waals surface area contributed by atoms with E-state index in [1.807, 2.05) is 36.4 Å². The van der Waals surface area contributed by atoms with Gasteiger partial charge in [-0.25, -0.2) is 9.97 Å². The maximum Gasteiger partial charge on any atom is 0.230 e. The van der Waals surface area contributed by atoms with Crippen molar-refractivity contribution >= 4 is 29.0 Å². The van der Waals surface area contributed by atoms with E-state index in [1.165, 1.54) is 17.6 Å². The zero-order chi connectivity index (χ0) is 27.3. The molecular formula is C31H34N8O. The summed E-state index contributed by atoms with van der Waals surface area (Å²) in [6.07, 6.45) is 3.28. The second-order valence-electron chi connectivity index (χ2n) is 10.4. The summed E-state index contributed by atoms with van der Waals surface area (Å²) < 4.78 is 0. The Morgan fingerprint density at radius 2 is 1.57 bits per heavy atom. The van der Waals surface area contributed by atoms with Gasteiger partial charge in [-0.3, -0.25) is 4.79 Å². The van der Waals surface area contributed by atoms with E-state index in [9.17, 15) is 4.79 Å². The average Bonchev–Trinajstić information content (AvgIpc) is 3.02. The fraction of sp³-hybridized carbons (Fsp3) is 0.323. The van der Waals surface area contributed by atoms with Crippen molar-refractivity contribution < 1.29 is 4.79 Å². The lowest BCUT2D eigenvalue weighted by Crippen LogP contribution is -2.46. The highest BCUT2D eigenvalue weighted by molar-refractivity contribution is 5.92. The smallest absolute Gasteiger partial charge is 0.230 e. The zero-order valence-corrected chi connectivity index (χ0v) is 22.8. The van der Waals surface area contributed by atoms with Crippen LogP contribution in [0.15, 0.2) is 79.1 Å². The van der Waals surface area contributed by atoms with Gasteiger partial charge < -0.3 is 20.0 Å². The fourth-order valence-electron chi connectivity index (χ4n) is 5.55. The van der Waals surface area contributed by atoms with Gasteiger partial charge in [0, 0.05) is 56.6 Å². The molecule has 2 aromatic heterocycles. The molecule has 6 rings (SSSR count). The Labute approximate surface area is 234 Å². The first kappa shape index (κ1) is 25.7. The minimum atomic E-state index is -0.153. The Kier molecular flexibility index (Phi) is 7.52. The molecule has 1 unspecified atom stereocenters. The molecule has 4 aromatic rings. The number of aryl methyl sites for hydroxylation is 1. The first-order valence-electron chi connectivity index (χ1n) is 14.0. The van der Waals surface area contributed by atoms with Crippen LogP contribution in [0.25, 0.3) is 11.3 Å². The molecule has 0 radical (unpaired) electrons. The Hall–Kier alpha value is -4.53. The van der Waals surface area contributed by atoms with Gasteiger partial charge in [0.1, 0.15) is 18.0 Å². The first-order valence-corrected chi connectivity index (χ1v) is 14.0. The van der Waals surface area contributed by atoms with Crippen molar-refractivity contribution in [1.29, 1.82) is 0 Å². The van der Waals surface area contributed by atoms with E-state index in [2.05, 4.69) is 83.5 Å². The Balaban J connectivity index is 1.06. The number of piperazine rings is 1. The minimum Gasteiger partial charge on any atom is -0.368 e. The van der Waals surface area contributed by atoms with E-state index in [4.69, 9.17) is 0 Å². The van der Waals surface area contributed by atoms with Crippen LogP contribution in [0.4, 0.5) is 23.1 Å². The number of carbonyl (C=O) groups excluding carboxylic acids is 1. The number of nitrogens with zero attached hydrogens (tertiary/aromatic N) is 7. The van der Waals surface area contributed by atoms with Crippen molar-refractivity contribution in [2.75, 3.05) is 59.3 Å². The summed E-state index contributed by atoms with van der Waals surface area (Å²) in [4.78, 5) is 28.9. The van der Waals surface area contributed by atoms with Crippen LogP contribution in [0.2, 0.25) is 0 Å². The van der Waals surface area contributed by atoms with Gasteiger partial charge in [0.25, 0.3) is 0 Å². The number of aromatic nitrogens is 4. The summed E-state index contributed by atoms with van der Waals surface area (Å²) in [5, 5.41) is 12.0. The summed E-state index contributed by atoms with van der Waals surface area (Å²) in [5.74, 6) is 2.01. The number of para-hydroxylation sites is 1. The lowest BCUT2D eigenvalue weighted by Gasteiger charge is -2.36. The summed E-state index contributed by atoms with van der Waals surface area (Å²) in [6, 6.07) is 24.5. The van der Waals surface area contributed by atoms with Gasteiger partial charge in [0.2, 0.25) is 5.91 Å². The second-order valence-corrected chi connectivity index (χ2v) is 10.4. The maximum atomic E-state index is 13.3. The van der Waals surface area contributed by atoms with Crippen molar-refractivity contribution in [2.24, 2.45) is 5.92 Å². The van der Waals surface area contributed by atoms with Gasteiger partial charge in [-0.05, 0) is 49.6 Å². The summed E-state index contributed by atoms with van der Waals surface area (Å²) in [7, 11) is 0. The monoisotopic (exact) mass is 534 g/mol. The zero-order valence-electron chi connectivity index (χ0n) is 22.8. The molecule has 1 N–H and O–H groups in total. The lowest BCUT2D eigenvalue weighted by molar-refractivity contribution is -0.120. The van der Waals surface area contributed by atoms with E-state index < -0.39 is 0 Å². The predicted molar refractivity (Wildman–Crippen MR) is 159 cm³/mol. The number of nitrogens with one attached hydrogen (secondary N) is 1. The lowest BCUT2D eigenvalue weighted by atomic mass is 9.97. The number of amides is 1. The molecule has 40 heavy (non-hydrogen) atoms. The van der Waals surface area contributed by atoms with Gasteiger partial charge in [0.05, 0.1) is 11.6 Å². The topological polar surface area (TPSA) is 90.4 Å². The quantitative estimate of drug-likeness (QED) is 0.389. The number of carbonyl (C=O) groups is 1. The molecule has 2 fully saturated rings. The molecule has 1 amide bonds. The summed E-state index contributed by atoms with van der Waals surface area (Å²) >= 11 is 0. The molecular weight excluding hydrogens is 500 g/mol. The molecule has 0 spiro atoms. The van der Waals surface area contributed by atoms with Crippen molar-refractivity contribution in [3.63, 3.8) is 0 Å². The molecule has 2 aliphatic rings. The maximum absolute atomic E-state index is 13.3. The summed E-state index contributed by atoms with van der Waals surface area (Å²) in [6.45, 7) is 7.09. The predicted octanol–water partition coefficient (Wildman–Crippen LogP) is 4.42. The first-order chi connectivity index (χ1) is 19.6. The molecule has 9 nitrogen and oxygen atoms in total. The van der Waals surface area contributed by atoms with Gasteiger partial charge in [-0.15, -0.1) is 10.2 Å². The van der Waals surface area contributed by atoms with Crippen LogP contribution < -0.4 is 20.0 Å².